The molecule has 6 nitrogen and oxygen atoms in total. The molecule has 148 valence electrons. The second-order valence-electron chi connectivity index (χ2n) is 7.19. The highest BCUT2D eigenvalue weighted by atomic mass is 32.2. The average molecular weight is 418 g/mol. The molecule has 0 fully saturated rings. The molecule has 0 spiro atoms. The number of nitrogens with zero attached hydrogens (tertiary/aromatic N) is 3. The zero-order chi connectivity index (χ0) is 19.8. The number of thioether (sulfide) groups is 1. The van der Waals surface area contributed by atoms with Crippen molar-refractivity contribution in [2.75, 3.05) is 26.0 Å². The van der Waals surface area contributed by atoms with Gasteiger partial charge in [-0.15, -0.1) is 11.3 Å². The summed E-state index contributed by atoms with van der Waals surface area (Å²) in [5.74, 6) is 0.272. The van der Waals surface area contributed by atoms with E-state index in [0.717, 1.165) is 46.5 Å². The van der Waals surface area contributed by atoms with Gasteiger partial charge in [-0.25, -0.2) is 4.98 Å². The molecule has 2 aromatic heterocycles. The van der Waals surface area contributed by atoms with Gasteiger partial charge < -0.3 is 15.1 Å². The first-order chi connectivity index (χ1) is 13.5. The molecule has 0 saturated heterocycles. The molecule has 1 atom stereocenters. The molecule has 4 rings (SSSR count). The molecule has 1 aliphatic rings. The molecule has 1 aliphatic heterocycles. The molecule has 0 amide bonds. The van der Waals surface area contributed by atoms with E-state index in [1.165, 1.54) is 16.6 Å². The van der Waals surface area contributed by atoms with E-state index in [-0.39, 0.29) is 17.9 Å². The Morgan fingerprint density at radius 2 is 2.07 bits per heavy atom. The SMILES string of the molecule is Cc1ccc(-n2c(SC[C@H](O)CO)nc3sc4c(c3c2=O)CCN(C)C4)cc1. The fourth-order valence-corrected chi connectivity index (χ4v) is 5.66. The number of benzene rings is 1. The smallest absolute Gasteiger partial charge is 0.267 e. The van der Waals surface area contributed by atoms with Crippen LogP contribution in [0.1, 0.15) is 16.0 Å². The van der Waals surface area contributed by atoms with E-state index in [4.69, 9.17) is 10.1 Å². The third-order valence-electron chi connectivity index (χ3n) is 4.94. The van der Waals surface area contributed by atoms with E-state index in [0.29, 0.717) is 5.16 Å². The predicted octanol–water partition coefficient (Wildman–Crippen LogP) is 2.19. The van der Waals surface area contributed by atoms with Gasteiger partial charge in [0.2, 0.25) is 0 Å². The summed E-state index contributed by atoms with van der Waals surface area (Å²) in [6, 6.07) is 7.79. The lowest BCUT2D eigenvalue weighted by molar-refractivity contribution is 0.113. The van der Waals surface area contributed by atoms with Crippen LogP contribution in [0.2, 0.25) is 0 Å². The Hall–Kier alpha value is -1.71. The minimum absolute atomic E-state index is 0.0584. The third-order valence-corrected chi connectivity index (χ3v) is 7.14. The van der Waals surface area contributed by atoms with Crippen LogP contribution in [0, 0.1) is 6.92 Å². The minimum atomic E-state index is -0.853. The Labute approximate surface area is 171 Å². The monoisotopic (exact) mass is 417 g/mol. The minimum Gasteiger partial charge on any atom is -0.394 e. The Morgan fingerprint density at radius 3 is 2.79 bits per heavy atom. The third kappa shape index (κ3) is 3.62. The summed E-state index contributed by atoms with van der Waals surface area (Å²) in [5, 5.41) is 20.2. The Morgan fingerprint density at radius 1 is 1.32 bits per heavy atom. The molecule has 1 aromatic carbocycles. The van der Waals surface area contributed by atoms with Crippen molar-refractivity contribution in [1.29, 1.82) is 0 Å². The average Bonchev–Trinajstić information content (AvgIpc) is 3.04. The molecule has 0 saturated carbocycles. The van der Waals surface area contributed by atoms with E-state index in [2.05, 4.69) is 11.9 Å². The quantitative estimate of drug-likeness (QED) is 0.489. The van der Waals surface area contributed by atoms with Crippen molar-refractivity contribution in [2.45, 2.75) is 31.1 Å². The number of fused-ring (bicyclic) bond motifs is 3. The largest absolute Gasteiger partial charge is 0.394 e. The summed E-state index contributed by atoms with van der Waals surface area (Å²) >= 11 is 2.88. The molecule has 0 radical (unpaired) electrons. The van der Waals surface area contributed by atoms with Crippen LogP contribution in [0.15, 0.2) is 34.2 Å². The normalized spacial score (nSPS) is 15.7. The van der Waals surface area contributed by atoms with Gasteiger partial charge in [0.25, 0.3) is 5.56 Å². The van der Waals surface area contributed by atoms with Gasteiger partial charge in [-0.05, 0) is 38.1 Å². The molecule has 8 heteroatoms. The highest BCUT2D eigenvalue weighted by Crippen LogP contribution is 2.34. The first kappa shape index (κ1) is 19.6. The van der Waals surface area contributed by atoms with Crippen LogP contribution < -0.4 is 5.56 Å². The number of hydrogen-bond acceptors (Lipinski definition) is 7. The fraction of sp³-hybridized carbons (Fsp3) is 0.400. The summed E-state index contributed by atoms with van der Waals surface area (Å²) in [7, 11) is 2.09. The maximum absolute atomic E-state index is 13.6. The van der Waals surface area contributed by atoms with Gasteiger partial charge in [-0.2, -0.15) is 0 Å². The summed E-state index contributed by atoms with van der Waals surface area (Å²) < 4.78 is 1.64. The highest BCUT2D eigenvalue weighted by Gasteiger charge is 2.24. The molecule has 0 unspecified atom stereocenters. The Balaban J connectivity index is 1.91. The lowest BCUT2D eigenvalue weighted by atomic mass is 10.1. The number of hydrogen-bond donors (Lipinski definition) is 2. The van der Waals surface area contributed by atoms with Gasteiger partial charge in [-0.3, -0.25) is 9.36 Å². The maximum atomic E-state index is 13.6. The maximum Gasteiger partial charge on any atom is 0.267 e. The van der Waals surface area contributed by atoms with E-state index in [9.17, 15) is 9.90 Å². The van der Waals surface area contributed by atoms with Crippen LogP contribution in [0.25, 0.3) is 15.9 Å². The van der Waals surface area contributed by atoms with Crippen molar-refractivity contribution in [3.8, 4) is 5.69 Å². The van der Waals surface area contributed by atoms with Crippen molar-refractivity contribution in [2.24, 2.45) is 0 Å². The zero-order valence-electron chi connectivity index (χ0n) is 15.9. The number of thiophene rings is 1. The number of aryl methyl sites for hydroxylation is 1. The number of aliphatic hydroxyl groups is 2. The number of aromatic nitrogens is 2. The molecule has 0 bridgehead atoms. The first-order valence-electron chi connectivity index (χ1n) is 9.22. The first-order valence-corrected chi connectivity index (χ1v) is 11.0. The molecule has 2 N–H and O–H groups in total. The van der Waals surface area contributed by atoms with E-state index < -0.39 is 6.10 Å². The van der Waals surface area contributed by atoms with E-state index in [1.54, 1.807) is 15.9 Å². The van der Waals surface area contributed by atoms with Gasteiger partial charge in [0.15, 0.2) is 5.16 Å². The summed E-state index contributed by atoms with van der Waals surface area (Å²) in [6.07, 6.45) is 0.001000. The molecular formula is C20H23N3O3S2. The molecular weight excluding hydrogens is 394 g/mol. The van der Waals surface area contributed by atoms with Gasteiger partial charge in [0.05, 0.1) is 23.8 Å². The highest BCUT2D eigenvalue weighted by molar-refractivity contribution is 7.99. The standard InChI is InChI=1S/C20H23N3O3S2/c1-12-3-5-13(6-4-12)23-19(26)17-15-7-8-22(2)9-16(15)28-18(17)21-20(23)27-11-14(25)10-24/h3-6,14,24-25H,7-11H2,1-2H3/t14-/m1/s1. The van der Waals surface area contributed by atoms with Crippen LogP contribution in [-0.2, 0) is 13.0 Å². The molecule has 28 heavy (non-hydrogen) atoms. The predicted molar refractivity (Wildman–Crippen MR) is 114 cm³/mol. The number of likely N-dealkylation sites (N-methyl/N-ethyl adjacent to an activating group) is 1. The van der Waals surface area contributed by atoms with Crippen molar-refractivity contribution in [1.82, 2.24) is 14.5 Å². The van der Waals surface area contributed by atoms with Crippen LogP contribution >= 0.6 is 23.1 Å². The van der Waals surface area contributed by atoms with E-state index >= 15 is 0 Å². The van der Waals surface area contributed by atoms with Crippen LogP contribution in [0.3, 0.4) is 0 Å². The van der Waals surface area contributed by atoms with Crippen molar-refractivity contribution in [3.05, 3.63) is 50.6 Å². The molecule has 3 aromatic rings. The van der Waals surface area contributed by atoms with Crippen LogP contribution in [-0.4, -0.2) is 56.7 Å². The lowest BCUT2D eigenvalue weighted by Crippen LogP contribution is -2.27. The Kier molecular flexibility index (Phi) is 5.57. The van der Waals surface area contributed by atoms with Crippen molar-refractivity contribution in [3.63, 3.8) is 0 Å². The van der Waals surface area contributed by atoms with Gasteiger partial charge >= 0.3 is 0 Å². The lowest BCUT2D eigenvalue weighted by Gasteiger charge is -2.21. The summed E-state index contributed by atoms with van der Waals surface area (Å²) in [4.78, 5) is 22.6. The zero-order valence-corrected chi connectivity index (χ0v) is 17.5. The number of rotatable bonds is 5. The Bertz CT molecular complexity index is 1060. The van der Waals surface area contributed by atoms with Crippen LogP contribution in [0.5, 0.6) is 0 Å². The van der Waals surface area contributed by atoms with Gasteiger partial charge in [0.1, 0.15) is 4.83 Å². The van der Waals surface area contributed by atoms with Gasteiger partial charge in [0, 0.05) is 23.7 Å². The van der Waals surface area contributed by atoms with Gasteiger partial charge in [-0.1, -0.05) is 29.5 Å². The second kappa shape index (κ2) is 7.96. The molecule has 0 aliphatic carbocycles. The van der Waals surface area contributed by atoms with Crippen molar-refractivity contribution < 1.29 is 10.2 Å². The number of aliphatic hydroxyl groups excluding tert-OH is 2. The van der Waals surface area contributed by atoms with Crippen LogP contribution in [0.4, 0.5) is 0 Å². The molecule has 3 heterocycles. The summed E-state index contributed by atoms with van der Waals surface area (Å²) in [6.45, 7) is 3.46. The van der Waals surface area contributed by atoms with Crippen molar-refractivity contribution >= 4 is 33.3 Å². The second-order valence-corrected chi connectivity index (χ2v) is 9.26. The summed E-state index contributed by atoms with van der Waals surface area (Å²) in [5.41, 5.74) is 2.95. The fourth-order valence-electron chi connectivity index (χ4n) is 3.39. The van der Waals surface area contributed by atoms with E-state index in [1.807, 2.05) is 31.2 Å². The topological polar surface area (TPSA) is 78.6 Å².